The summed E-state index contributed by atoms with van der Waals surface area (Å²) < 4.78 is 7.20. The summed E-state index contributed by atoms with van der Waals surface area (Å²) in [6.07, 6.45) is 3.11. The van der Waals surface area contributed by atoms with Gasteiger partial charge in [0.15, 0.2) is 6.61 Å². The molecule has 0 aliphatic rings. The Morgan fingerprint density at radius 1 is 1.26 bits per heavy atom. The summed E-state index contributed by atoms with van der Waals surface area (Å²) in [5.74, 6) is 0.238. The molecule has 0 N–H and O–H groups in total. The van der Waals surface area contributed by atoms with Crippen LogP contribution in [0.1, 0.15) is 24.1 Å². The van der Waals surface area contributed by atoms with E-state index in [-0.39, 0.29) is 18.6 Å². The first kappa shape index (κ1) is 18.1. The lowest BCUT2D eigenvalue weighted by Gasteiger charge is -2.25. The highest BCUT2D eigenvalue weighted by molar-refractivity contribution is 5.78. The first-order valence-corrected chi connectivity index (χ1v) is 8.42. The van der Waals surface area contributed by atoms with Crippen molar-refractivity contribution in [2.45, 2.75) is 13.0 Å². The van der Waals surface area contributed by atoms with E-state index in [4.69, 9.17) is 10.00 Å². The SMILES string of the molecule is C[C@@H](c1ccc(-n2cncn2)cc1)N(C)C(=O)COc1ccccc1C#N. The van der Waals surface area contributed by atoms with Crippen LogP contribution in [0.4, 0.5) is 0 Å². The molecule has 2 aromatic carbocycles. The van der Waals surface area contributed by atoms with E-state index >= 15 is 0 Å². The standard InChI is InChI=1S/C20H19N5O2/c1-15(16-7-9-18(10-8-16)25-14-22-13-23-25)24(2)20(26)12-27-19-6-4-3-5-17(19)11-21/h3-10,13-15H,12H2,1-2H3/t15-/m0/s1. The van der Waals surface area contributed by atoms with Crippen molar-refractivity contribution in [2.75, 3.05) is 13.7 Å². The van der Waals surface area contributed by atoms with Crippen molar-refractivity contribution in [1.82, 2.24) is 19.7 Å². The number of aromatic nitrogens is 3. The van der Waals surface area contributed by atoms with Gasteiger partial charge in [0.2, 0.25) is 0 Å². The normalized spacial score (nSPS) is 11.4. The van der Waals surface area contributed by atoms with E-state index in [0.717, 1.165) is 11.3 Å². The molecule has 0 saturated carbocycles. The van der Waals surface area contributed by atoms with Crippen LogP contribution in [-0.2, 0) is 4.79 Å². The molecular formula is C20H19N5O2. The predicted molar refractivity (Wildman–Crippen MR) is 99.2 cm³/mol. The fraction of sp³-hybridized carbons (Fsp3) is 0.200. The number of nitriles is 1. The van der Waals surface area contributed by atoms with Crippen LogP contribution < -0.4 is 4.74 Å². The van der Waals surface area contributed by atoms with Gasteiger partial charge in [-0.05, 0) is 36.8 Å². The minimum Gasteiger partial charge on any atom is -0.482 e. The average Bonchev–Trinajstić information content (AvgIpc) is 3.26. The molecule has 27 heavy (non-hydrogen) atoms. The number of carbonyl (C=O) groups is 1. The molecule has 0 aliphatic heterocycles. The van der Waals surface area contributed by atoms with Gasteiger partial charge in [0, 0.05) is 7.05 Å². The second-order valence-electron chi connectivity index (χ2n) is 6.01. The van der Waals surface area contributed by atoms with Gasteiger partial charge in [0.1, 0.15) is 24.5 Å². The third-order valence-electron chi connectivity index (χ3n) is 4.39. The summed E-state index contributed by atoms with van der Waals surface area (Å²) in [6.45, 7) is 1.82. The number of hydrogen-bond donors (Lipinski definition) is 0. The molecule has 0 unspecified atom stereocenters. The van der Waals surface area contributed by atoms with E-state index in [1.807, 2.05) is 31.2 Å². The van der Waals surface area contributed by atoms with Crippen molar-refractivity contribution >= 4 is 5.91 Å². The van der Waals surface area contributed by atoms with Crippen LogP contribution in [0.2, 0.25) is 0 Å². The van der Waals surface area contributed by atoms with Gasteiger partial charge < -0.3 is 9.64 Å². The van der Waals surface area contributed by atoms with Crippen molar-refractivity contribution < 1.29 is 9.53 Å². The minimum atomic E-state index is -0.171. The van der Waals surface area contributed by atoms with E-state index < -0.39 is 0 Å². The summed E-state index contributed by atoms with van der Waals surface area (Å²) in [4.78, 5) is 18.0. The number of hydrogen-bond acceptors (Lipinski definition) is 5. The topological polar surface area (TPSA) is 84.0 Å². The van der Waals surface area contributed by atoms with Crippen molar-refractivity contribution in [3.8, 4) is 17.5 Å². The average molecular weight is 361 g/mol. The first-order chi connectivity index (χ1) is 13.1. The summed E-state index contributed by atoms with van der Waals surface area (Å²) in [5.41, 5.74) is 2.30. The number of likely N-dealkylation sites (N-methyl/N-ethyl adjacent to an activating group) is 1. The number of carbonyl (C=O) groups excluding carboxylic acids is 1. The van der Waals surface area contributed by atoms with E-state index in [1.165, 1.54) is 6.33 Å². The molecule has 0 saturated heterocycles. The van der Waals surface area contributed by atoms with Crippen LogP contribution in [0.25, 0.3) is 5.69 Å². The van der Waals surface area contributed by atoms with Crippen molar-refractivity contribution in [1.29, 1.82) is 5.26 Å². The van der Waals surface area contributed by atoms with Crippen molar-refractivity contribution in [3.63, 3.8) is 0 Å². The largest absolute Gasteiger partial charge is 0.482 e. The zero-order valence-corrected chi connectivity index (χ0v) is 15.1. The molecule has 7 heteroatoms. The molecule has 3 rings (SSSR count). The molecular weight excluding hydrogens is 342 g/mol. The van der Waals surface area contributed by atoms with Crippen LogP contribution >= 0.6 is 0 Å². The highest BCUT2D eigenvalue weighted by Gasteiger charge is 2.18. The van der Waals surface area contributed by atoms with E-state index in [9.17, 15) is 4.79 Å². The van der Waals surface area contributed by atoms with Gasteiger partial charge >= 0.3 is 0 Å². The lowest BCUT2D eigenvalue weighted by Crippen LogP contribution is -2.33. The van der Waals surface area contributed by atoms with Crippen molar-refractivity contribution in [2.24, 2.45) is 0 Å². The number of benzene rings is 2. The monoisotopic (exact) mass is 361 g/mol. The number of rotatable bonds is 6. The molecule has 1 aromatic heterocycles. The van der Waals surface area contributed by atoms with Crippen LogP contribution in [0, 0.1) is 11.3 Å². The fourth-order valence-corrected chi connectivity index (χ4v) is 2.61. The van der Waals surface area contributed by atoms with Crippen LogP contribution in [0.3, 0.4) is 0 Å². The molecule has 3 aromatic rings. The Balaban J connectivity index is 1.63. The second-order valence-corrected chi connectivity index (χ2v) is 6.01. The molecule has 0 radical (unpaired) electrons. The van der Waals surface area contributed by atoms with Gasteiger partial charge in [-0.3, -0.25) is 4.79 Å². The smallest absolute Gasteiger partial charge is 0.260 e. The molecule has 136 valence electrons. The lowest BCUT2D eigenvalue weighted by atomic mass is 10.1. The quantitative estimate of drug-likeness (QED) is 0.674. The number of para-hydroxylation sites is 1. The van der Waals surface area contributed by atoms with E-state index in [2.05, 4.69) is 16.2 Å². The van der Waals surface area contributed by atoms with Gasteiger partial charge in [-0.2, -0.15) is 10.4 Å². The van der Waals surface area contributed by atoms with E-state index in [0.29, 0.717) is 11.3 Å². The predicted octanol–water partition coefficient (Wildman–Crippen LogP) is 2.74. The van der Waals surface area contributed by atoms with Gasteiger partial charge in [-0.25, -0.2) is 9.67 Å². The molecule has 0 bridgehead atoms. The maximum absolute atomic E-state index is 12.5. The summed E-state index contributed by atoms with van der Waals surface area (Å²) in [6, 6.07) is 16.6. The number of ether oxygens (including phenoxy) is 1. The Hall–Kier alpha value is -3.66. The van der Waals surface area contributed by atoms with E-state index in [1.54, 1.807) is 47.2 Å². The summed E-state index contributed by atoms with van der Waals surface area (Å²) in [7, 11) is 1.73. The van der Waals surface area contributed by atoms with Gasteiger partial charge in [-0.1, -0.05) is 24.3 Å². The van der Waals surface area contributed by atoms with Gasteiger partial charge in [0.25, 0.3) is 5.91 Å². The van der Waals surface area contributed by atoms with Crippen LogP contribution in [0.15, 0.2) is 61.2 Å². The molecule has 0 fully saturated rings. The highest BCUT2D eigenvalue weighted by Crippen LogP contribution is 2.21. The molecule has 0 aliphatic carbocycles. The highest BCUT2D eigenvalue weighted by atomic mass is 16.5. The summed E-state index contributed by atoms with van der Waals surface area (Å²) >= 11 is 0. The summed E-state index contributed by atoms with van der Waals surface area (Å²) in [5, 5.41) is 13.2. The molecule has 0 spiro atoms. The Bertz CT molecular complexity index is 945. The van der Waals surface area contributed by atoms with Crippen molar-refractivity contribution in [3.05, 3.63) is 72.3 Å². The minimum absolute atomic E-state index is 0.128. The second kappa shape index (κ2) is 8.15. The Morgan fingerprint density at radius 2 is 2.00 bits per heavy atom. The first-order valence-electron chi connectivity index (χ1n) is 8.42. The molecule has 1 heterocycles. The third kappa shape index (κ3) is 4.12. The third-order valence-corrected chi connectivity index (χ3v) is 4.39. The maximum Gasteiger partial charge on any atom is 0.260 e. The van der Waals surface area contributed by atoms with Gasteiger partial charge in [-0.15, -0.1) is 0 Å². The Morgan fingerprint density at radius 3 is 2.67 bits per heavy atom. The number of amides is 1. The van der Waals surface area contributed by atoms with Crippen LogP contribution in [0.5, 0.6) is 5.75 Å². The molecule has 7 nitrogen and oxygen atoms in total. The lowest BCUT2D eigenvalue weighted by molar-refractivity contribution is -0.134. The zero-order valence-electron chi connectivity index (χ0n) is 15.1. The molecule has 1 amide bonds. The van der Waals surface area contributed by atoms with Crippen LogP contribution in [-0.4, -0.2) is 39.2 Å². The molecule has 1 atom stereocenters. The Kier molecular flexibility index (Phi) is 5.47. The number of nitrogens with zero attached hydrogens (tertiary/aromatic N) is 5. The zero-order chi connectivity index (χ0) is 19.2. The maximum atomic E-state index is 12.5. The van der Waals surface area contributed by atoms with Gasteiger partial charge in [0.05, 0.1) is 17.3 Å². The fourth-order valence-electron chi connectivity index (χ4n) is 2.61. The Labute approximate surface area is 157 Å².